The molecule has 1 fully saturated rings. The Balaban J connectivity index is 1.22. The number of aryl methyl sites for hydroxylation is 1. The van der Waals surface area contributed by atoms with Gasteiger partial charge in [-0.1, -0.05) is 30.3 Å². The van der Waals surface area contributed by atoms with Gasteiger partial charge in [0.25, 0.3) is 5.91 Å². The third kappa shape index (κ3) is 6.48. The average molecular weight is 568 g/mol. The SMILES string of the molecule is COC(=O)N1CCN(C2Cc3ccc(NC(=O)c4cccc(C)c4OCc4ccc(C(F)(F)F)cc4)cc3C2)CC1. The zero-order valence-corrected chi connectivity index (χ0v) is 23.0. The molecule has 2 aliphatic rings. The van der Waals surface area contributed by atoms with Crippen LogP contribution in [0.15, 0.2) is 60.7 Å². The van der Waals surface area contributed by atoms with E-state index in [0.717, 1.165) is 43.6 Å². The maximum absolute atomic E-state index is 13.3. The first-order valence-electron chi connectivity index (χ1n) is 13.5. The van der Waals surface area contributed by atoms with Gasteiger partial charge in [-0.2, -0.15) is 13.2 Å². The minimum atomic E-state index is -4.40. The summed E-state index contributed by atoms with van der Waals surface area (Å²) in [5, 5.41) is 2.98. The summed E-state index contributed by atoms with van der Waals surface area (Å²) < 4.78 is 49.4. The molecular weight excluding hydrogens is 535 g/mol. The Morgan fingerprint density at radius 1 is 0.951 bits per heavy atom. The van der Waals surface area contributed by atoms with E-state index in [0.29, 0.717) is 41.7 Å². The minimum Gasteiger partial charge on any atom is -0.488 e. The third-order valence-electron chi connectivity index (χ3n) is 7.76. The van der Waals surface area contributed by atoms with Gasteiger partial charge in [0.1, 0.15) is 12.4 Å². The maximum atomic E-state index is 13.3. The standard InChI is InChI=1S/C31H32F3N3O4/c1-20-4-3-5-27(28(20)41-19-21-6-9-24(10-7-21)31(32,33)34)29(38)35-25-11-8-22-17-26(18-23(22)16-25)36-12-14-37(15-13-36)30(39)40-2/h3-11,16,26H,12-15,17-19H2,1-2H3,(H,35,38). The third-order valence-corrected chi connectivity index (χ3v) is 7.76. The fraction of sp³-hybridized carbons (Fsp3) is 0.355. The van der Waals surface area contributed by atoms with Gasteiger partial charge in [-0.25, -0.2) is 4.79 Å². The lowest BCUT2D eigenvalue weighted by Gasteiger charge is -2.37. The number of ether oxygens (including phenoxy) is 2. The highest BCUT2D eigenvalue weighted by Gasteiger charge is 2.31. The summed E-state index contributed by atoms with van der Waals surface area (Å²) in [4.78, 5) is 29.2. The zero-order chi connectivity index (χ0) is 29.1. The topological polar surface area (TPSA) is 71.1 Å². The number of alkyl halides is 3. The van der Waals surface area contributed by atoms with E-state index in [4.69, 9.17) is 9.47 Å². The Morgan fingerprint density at radius 3 is 2.34 bits per heavy atom. The van der Waals surface area contributed by atoms with E-state index >= 15 is 0 Å². The Hall–Kier alpha value is -4.05. The van der Waals surface area contributed by atoms with E-state index in [1.807, 2.05) is 31.2 Å². The molecule has 5 rings (SSSR count). The smallest absolute Gasteiger partial charge is 0.416 e. The lowest BCUT2D eigenvalue weighted by atomic mass is 10.1. The van der Waals surface area contributed by atoms with E-state index in [-0.39, 0.29) is 18.6 Å². The number of nitrogens with zero attached hydrogens (tertiary/aromatic N) is 2. The van der Waals surface area contributed by atoms with Crippen molar-refractivity contribution in [3.05, 3.63) is 94.0 Å². The number of amides is 2. The summed E-state index contributed by atoms with van der Waals surface area (Å²) in [6.45, 7) is 4.71. The van der Waals surface area contributed by atoms with Crippen LogP contribution in [0.25, 0.3) is 0 Å². The van der Waals surface area contributed by atoms with Crippen LogP contribution >= 0.6 is 0 Å². The molecule has 216 valence electrons. The number of carbonyl (C=O) groups is 2. The second-order valence-corrected chi connectivity index (χ2v) is 10.4. The normalized spacial score (nSPS) is 17.2. The number of benzene rings is 3. The van der Waals surface area contributed by atoms with Crippen molar-refractivity contribution >= 4 is 17.7 Å². The first-order chi connectivity index (χ1) is 19.6. The summed E-state index contributed by atoms with van der Waals surface area (Å²) in [5.41, 5.74) is 4.05. The molecule has 1 aliphatic heterocycles. The van der Waals surface area contributed by atoms with E-state index < -0.39 is 11.7 Å². The molecule has 0 bridgehead atoms. The van der Waals surface area contributed by atoms with Gasteiger partial charge in [-0.05, 0) is 72.4 Å². The van der Waals surface area contributed by atoms with Crippen LogP contribution < -0.4 is 10.1 Å². The first kappa shape index (κ1) is 28.5. The summed E-state index contributed by atoms with van der Waals surface area (Å²) in [6.07, 6.45) is -2.91. The van der Waals surface area contributed by atoms with Crippen LogP contribution in [0, 0.1) is 6.92 Å². The van der Waals surface area contributed by atoms with Gasteiger partial charge in [0, 0.05) is 37.9 Å². The number of fused-ring (bicyclic) bond motifs is 1. The number of methoxy groups -OCH3 is 1. The van der Waals surface area contributed by atoms with Crippen molar-refractivity contribution in [2.45, 2.75) is 38.6 Å². The monoisotopic (exact) mass is 567 g/mol. The number of nitrogens with one attached hydrogen (secondary N) is 1. The van der Waals surface area contributed by atoms with Crippen LogP contribution in [-0.4, -0.2) is 61.1 Å². The van der Waals surface area contributed by atoms with Gasteiger partial charge in [0.2, 0.25) is 0 Å². The van der Waals surface area contributed by atoms with E-state index in [9.17, 15) is 22.8 Å². The van der Waals surface area contributed by atoms with Gasteiger partial charge in [-0.15, -0.1) is 0 Å². The van der Waals surface area contributed by atoms with Crippen molar-refractivity contribution in [1.29, 1.82) is 0 Å². The lowest BCUT2D eigenvalue weighted by Crippen LogP contribution is -2.52. The van der Waals surface area contributed by atoms with Crippen LogP contribution in [0.5, 0.6) is 5.75 Å². The van der Waals surface area contributed by atoms with Crippen molar-refractivity contribution in [2.75, 3.05) is 38.6 Å². The molecule has 1 saturated heterocycles. The summed E-state index contributed by atoms with van der Waals surface area (Å²) in [5.74, 6) is 0.0572. The van der Waals surface area contributed by atoms with Gasteiger partial charge < -0.3 is 19.7 Å². The summed E-state index contributed by atoms with van der Waals surface area (Å²) in [7, 11) is 1.40. The molecule has 0 saturated carbocycles. The van der Waals surface area contributed by atoms with Gasteiger partial charge in [0.05, 0.1) is 18.2 Å². The largest absolute Gasteiger partial charge is 0.488 e. The molecule has 0 aromatic heterocycles. The number of halogens is 3. The molecule has 0 radical (unpaired) electrons. The Bertz CT molecular complexity index is 1420. The van der Waals surface area contributed by atoms with E-state index in [2.05, 4.69) is 10.2 Å². The van der Waals surface area contributed by atoms with Crippen molar-refractivity contribution in [3.63, 3.8) is 0 Å². The summed E-state index contributed by atoms with van der Waals surface area (Å²) in [6, 6.07) is 16.3. The molecule has 2 amide bonds. The molecule has 10 heteroatoms. The lowest BCUT2D eigenvalue weighted by molar-refractivity contribution is -0.137. The Labute approximate surface area is 236 Å². The molecule has 1 heterocycles. The van der Waals surface area contributed by atoms with Gasteiger partial charge in [0.15, 0.2) is 0 Å². The second kappa shape index (κ2) is 11.8. The van der Waals surface area contributed by atoms with Crippen molar-refractivity contribution in [1.82, 2.24) is 9.80 Å². The number of carbonyl (C=O) groups excluding carboxylic acids is 2. The maximum Gasteiger partial charge on any atom is 0.416 e. The van der Waals surface area contributed by atoms with Crippen LogP contribution in [0.1, 0.15) is 38.2 Å². The van der Waals surface area contributed by atoms with Crippen molar-refractivity contribution in [2.24, 2.45) is 0 Å². The molecule has 41 heavy (non-hydrogen) atoms. The number of anilines is 1. The van der Waals surface area contributed by atoms with E-state index in [1.165, 1.54) is 30.4 Å². The average Bonchev–Trinajstić information content (AvgIpc) is 3.39. The van der Waals surface area contributed by atoms with Crippen molar-refractivity contribution in [3.8, 4) is 5.75 Å². The fourth-order valence-electron chi connectivity index (χ4n) is 5.50. The Morgan fingerprint density at radius 2 is 1.66 bits per heavy atom. The number of rotatable bonds is 6. The molecule has 1 atom stereocenters. The van der Waals surface area contributed by atoms with Gasteiger partial charge >= 0.3 is 12.3 Å². The van der Waals surface area contributed by atoms with Crippen LogP contribution in [0.4, 0.5) is 23.7 Å². The van der Waals surface area contributed by atoms with Crippen molar-refractivity contribution < 1.29 is 32.2 Å². The summed E-state index contributed by atoms with van der Waals surface area (Å²) >= 11 is 0. The first-order valence-corrected chi connectivity index (χ1v) is 13.5. The van der Waals surface area contributed by atoms with Crippen LogP contribution in [0.2, 0.25) is 0 Å². The van der Waals surface area contributed by atoms with Crippen LogP contribution in [0.3, 0.4) is 0 Å². The molecular formula is C31H32F3N3O4. The molecule has 1 unspecified atom stereocenters. The quantitative estimate of drug-likeness (QED) is 0.414. The second-order valence-electron chi connectivity index (χ2n) is 10.4. The molecule has 7 nitrogen and oxygen atoms in total. The predicted molar refractivity (Wildman–Crippen MR) is 148 cm³/mol. The number of para-hydroxylation sites is 1. The molecule has 1 N–H and O–H groups in total. The van der Waals surface area contributed by atoms with E-state index in [1.54, 1.807) is 17.0 Å². The molecule has 1 aliphatic carbocycles. The van der Waals surface area contributed by atoms with Gasteiger partial charge in [-0.3, -0.25) is 9.69 Å². The molecule has 3 aromatic carbocycles. The number of hydrogen-bond acceptors (Lipinski definition) is 5. The number of piperazine rings is 1. The predicted octanol–water partition coefficient (Wildman–Crippen LogP) is 5.70. The highest BCUT2D eigenvalue weighted by atomic mass is 19.4. The zero-order valence-electron chi connectivity index (χ0n) is 23.0. The molecule has 3 aromatic rings. The molecule has 0 spiro atoms. The highest BCUT2D eigenvalue weighted by molar-refractivity contribution is 6.06. The fourth-order valence-corrected chi connectivity index (χ4v) is 5.50. The highest BCUT2D eigenvalue weighted by Crippen LogP contribution is 2.31. The van der Waals surface area contributed by atoms with Crippen LogP contribution in [-0.2, 0) is 30.4 Å². The number of hydrogen-bond donors (Lipinski definition) is 1. The Kier molecular flexibility index (Phi) is 8.21. The minimum absolute atomic E-state index is 0.0252.